The van der Waals surface area contributed by atoms with E-state index in [2.05, 4.69) is 20.0 Å². The lowest BCUT2D eigenvalue weighted by Crippen LogP contribution is -2.22. The predicted molar refractivity (Wildman–Crippen MR) is 123 cm³/mol. The maximum absolute atomic E-state index is 12.5. The van der Waals surface area contributed by atoms with Crippen LogP contribution in [-0.2, 0) is 11.3 Å². The monoisotopic (exact) mass is 459 g/mol. The van der Waals surface area contributed by atoms with Gasteiger partial charge in [-0.3, -0.25) is 4.79 Å². The normalized spacial score (nSPS) is 10.9. The number of thiazole rings is 1. The summed E-state index contributed by atoms with van der Waals surface area (Å²) in [5.41, 5.74) is 2.94. The van der Waals surface area contributed by atoms with Crippen molar-refractivity contribution in [1.82, 2.24) is 15.3 Å². The van der Waals surface area contributed by atoms with Gasteiger partial charge in [-0.2, -0.15) is 4.98 Å². The molecule has 0 aliphatic heterocycles. The number of carbonyl (C=O) groups is 2. The Morgan fingerprint density at radius 3 is 2.70 bits per heavy atom. The number of rotatable bonds is 6. The molecule has 0 atom stereocenters. The molecule has 0 fully saturated rings. The highest BCUT2D eigenvalue weighted by molar-refractivity contribution is 7.20. The number of methoxy groups -OCH3 is 1. The van der Waals surface area contributed by atoms with Gasteiger partial charge in [0.25, 0.3) is 11.1 Å². The van der Waals surface area contributed by atoms with Gasteiger partial charge in [0.2, 0.25) is 0 Å². The molecule has 9 heteroatoms. The van der Waals surface area contributed by atoms with Crippen molar-refractivity contribution >= 4 is 44.5 Å². The van der Waals surface area contributed by atoms with Crippen molar-refractivity contribution in [2.24, 2.45) is 0 Å². The van der Waals surface area contributed by atoms with E-state index in [1.165, 1.54) is 18.4 Å². The predicted octanol–water partition coefficient (Wildman–Crippen LogP) is 4.95. The minimum atomic E-state index is -0.449. The van der Waals surface area contributed by atoms with Crippen LogP contribution in [0.5, 0.6) is 10.9 Å². The number of hydrogen-bond acceptors (Lipinski definition) is 8. The van der Waals surface area contributed by atoms with Crippen LogP contribution in [0, 0.1) is 0 Å². The van der Waals surface area contributed by atoms with Crippen LogP contribution in [0.15, 0.2) is 71.5 Å². The van der Waals surface area contributed by atoms with Crippen LogP contribution in [0.25, 0.3) is 21.3 Å². The number of ether oxygens (including phenoxy) is 2. The molecule has 0 radical (unpaired) electrons. The van der Waals surface area contributed by atoms with Crippen molar-refractivity contribution in [2.45, 2.75) is 6.54 Å². The molecule has 1 amide bonds. The van der Waals surface area contributed by atoms with E-state index in [0.717, 1.165) is 15.6 Å². The molecule has 3 aromatic heterocycles. The van der Waals surface area contributed by atoms with Gasteiger partial charge in [0.1, 0.15) is 11.3 Å². The van der Waals surface area contributed by atoms with Crippen molar-refractivity contribution in [1.29, 1.82) is 0 Å². The number of fused-ring (bicyclic) bond motifs is 2. The van der Waals surface area contributed by atoms with E-state index in [1.807, 2.05) is 24.3 Å². The van der Waals surface area contributed by atoms with Crippen LogP contribution in [-0.4, -0.2) is 29.0 Å². The summed E-state index contributed by atoms with van der Waals surface area (Å²) >= 11 is 1.42. The first-order valence-electron chi connectivity index (χ1n) is 9.97. The van der Waals surface area contributed by atoms with Crippen LogP contribution in [0.4, 0.5) is 0 Å². The zero-order valence-corrected chi connectivity index (χ0v) is 18.2. The Kier molecular flexibility index (Phi) is 5.45. The van der Waals surface area contributed by atoms with E-state index in [4.69, 9.17) is 9.15 Å². The number of hydrogen-bond donors (Lipinski definition) is 1. The third kappa shape index (κ3) is 4.26. The third-order valence-electron chi connectivity index (χ3n) is 4.99. The lowest BCUT2D eigenvalue weighted by molar-refractivity contribution is 0.0600. The number of pyridine rings is 1. The van der Waals surface area contributed by atoms with Gasteiger partial charge in [0, 0.05) is 35.3 Å². The number of furan rings is 1. The molecular formula is C24H17N3O5S. The maximum atomic E-state index is 12.5. The molecule has 0 aliphatic rings. The van der Waals surface area contributed by atoms with E-state index in [0.29, 0.717) is 33.3 Å². The second kappa shape index (κ2) is 8.71. The summed E-state index contributed by atoms with van der Waals surface area (Å²) in [4.78, 5) is 32.6. The molecule has 0 unspecified atom stereocenters. The number of benzene rings is 2. The first kappa shape index (κ1) is 20.7. The fourth-order valence-corrected chi connectivity index (χ4v) is 4.11. The molecule has 2 aromatic carbocycles. The fourth-order valence-electron chi connectivity index (χ4n) is 3.31. The zero-order chi connectivity index (χ0) is 22.8. The molecule has 5 rings (SSSR count). The second-order valence-electron chi connectivity index (χ2n) is 7.08. The molecule has 33 heavy (non-hydrogen) atoms. The van der Waals surface area contributed by atoms with Crippen LogP contribution in [0.3, 0.4) is 0 Å². The first-order valence-corrected chi connectivity index (χ1v) is 10.8. The summed E-state index contributed by atoms with van der Waals surface area (Å²) in [7, 11) is 1.31. The molecule has 8 nitrogen and oxygen atoms in total. The maximum Gasteiger partial charge on any atom is 0.337 e. The van der Waals surface area contributed by atoms with Gasteiger partial charge in [-0.15, -0.1) is 0 Å². The van der Waals surface area contributed by atoms with Gasteiger partial charge in [0.15, 0.2) is 5.65 Å². The third-order valence-corrected chi connectivity index (χ3v) is 5.87. The van der Waals surface area contributed by atoms with Crippen molar-refractivity contribution in [2.75, 3.05) is 7.11 Å². The zero-order valence-electron chi connectivity index (χ0n) is 17.4. The molecule has 0 bridgehead atoms. The van der Waals surface area contributed by atoms with Crippen LogP contribution < -0.4 is 10.1 Å². The van der Waals surface area contributed by atoms with E-state index in [1.54, 1.807) is 42.8 Å². The van der Waals surface area contributed by atoms with Crippen molar-refractivity contribution < 1.29 is 23.5 Å². The molecule has 3 heterocycles. The van der Waals surface area contributed by atoms with Gasteiger partial charge in [-0.25, -0.2) is 9.78 Å². The number of aromatic nitrogens is 2. The van der Waals surface area contributed by atoms with Crippen molar-refractivity contribution in [3.63, 3.8) is 0 Å². The Morgan fingerprint density at radius 2 is 1.91 bits per heavy atom. The van der Waals surface area contributed by atoms with E-state index in [9.17, 15) is 9.59 Å². The quantitative estimate of drug-likeness (QED) is 0.359. The van der Waals surface area contributed by atoms with Crippen LogP contribution in [0.2, 0.25) is 0 Å². The highest BCUT2D eigenvalue weighted by Crippen LogP contribution is 2.32. The Bertz CT molecular complexity index is 1440. The molecule has 0 aliphatic carbocycles. The molecule has 1 N–H and O–H groups in total. The average Bonchev–Trinajstić information content (AvgIpc) is 3.45. The van der Waals surface area contributed by atoms with Crippen molar-refractivity contribution in [3.8, 4) is 10.9 Å². The number of nitrogens with zero attached hydrogens (tertiary/aromatic N) is 2. The largest absolute Gasteiger partial charge is 0.465 e. The smallest absolute Gasteiger partial charge is 0.337 e. The Labute approximate surface area is 191 Å². The topological polar surface area (TPSA) is 104 Å². The van der Waals surface area contributed by atoms with E-state index in [-0.39, 0.29) is 12.5 Å². The van der Waals surface area contributed by atoms with Crippen molar-refractivity contribution in [3.05, 3.63) is 83.7 Å². The lowest BCUT2D eigenvalue weighted by Gasteiger charge is -2.05. The summed E-state index contributed by atoms with van der Waals surface area (Å²) in [6, 6.07) is 15.6. The number of nitrogens with one attached hydrogen (secondary N) is 1. The Hall–Kier alpha value is -4.24. The summed E-state index contributed by atoms with van der Waals surface area (Å²) in [6.45, 7) is 0.286. The van der Waals surface area contributed by atoms with E-state index < -0.39 is 5.97 Å². The standard InChI is InChI=1S/C24H17N3O5S/c1-30-23(29)15-6-4-14(5-7-15)22(28)26-12-16-13-31-19-11-17(8-9-18(16)19)32-24-27-21-20(33-24)3-2-10-25-21/h2-11,13H,12H2,1H3,(H,26,28). The number of esters is 1. The summed E-state index contributed by atoms with van der Waals surface area (Å²) < 4.78 is 17.2. The van der Waals surface area contributed by atoms with Gasteiger partial charge in [-0.1, -0.05) is 11.3 Å². The minimum absolute atomic E-state index is 0.259. The first-order chi connectivity index (χ1) is 16.1. The lowest BCUT2D eigenvalue weighted by atomic mass is 10.1. The molecule has 0 saturated carbocycles. The SMILES string of the molecule is COC(=O)c1ccc(C(=O)NCc2coc3cc(Oc4nc5ncccc5s4)ccc23)cc1. The van der Waals surface area contributed by atoms with Gasteiger partial charge < -0.3 is 19.2 Å². The summed E-state index contributed by atoms with van der Waals surface area (Å²) in [5.74, 6) is -0.114. The molecule has 164 valence electrons. The minimum Gasteiger partial charge on any atom is -0.465 e. The summed E-state index contributed by atoms with van der Waals surface area (Å²) in [5, 5.41) is 4.23. The molecule has 0 spiro atoms. The molecule has 0 saturated heterocycles. The average molecular weight is 459 g/mol. The van der Waals surface area contributed by atoms with Crippen LogP contribution in [0.1, 0.15) is 26.3 Å². The molecular weight excluding hydrogens is 442 g/mol. The molecule has 5 aromatic rings. The van der Waals surface area contributed by atoms with Gasteiger partial charge in [-0.05, 0) is 48.5 Å². The number of carbonyl (C=O) groups excluding carboxylic acids is 2. The second-order valence-corrected chi connectivity index (χ2v) is 8.07. The fraction of sp³-hybridized carbons (Fsp3) is 0.0833. The Morgan fingerprint density at radius 1 is 1.09 bits per heavy atom. The van der Waals surface area contributed by atoms with Gasteiger partial charge in [0.05, 0.1) is 23.6 Å². The van der Waals surface area contributed by atoms with Crippen LogP contribution >= 0.6 is 11.3 Å². The highest BCUT2D eigenvalue weighted by Gasteiger charge is 2.13. The highest BCUT2D eigenvalue weighted by atomic mass is 32.1. The van der Waals surface area contributed by atoms with E-state index >= 15 is 0 Å². The summed E-state index contributed by atoms with van der Waals surface area (Å²) in [6.07, 6.45) is 3.30. The number of amides is 1. The van der Waals surface area contributed by atoms with Gasteiger partial charge >= 0.3 is 5.97 Å². The Balaban J connectivity index is 1.26.